The lowest BCUT2D eigenvalue weighted by Gasteiger charge is -2.42. The molecule has 2 heterocycles. The molecule has 6 nitrogen and oxygen atoms in total. The molecule has 4 rings (SSSR count). The molecule has 0 saturated carbocycles. The van der Waals surface area contributed by atoms with Crippen LogP contribution in [0, 0.1) is 0 Å². The van der Waals surface area contributed by atoms with Crippen molar-refractivity contribution in [2.75, 3.05) is 20.3 Å². The molecule has 1 N–H and O–H groups in total. The van der Waals surface area contributed by atoms with Gasteiger partial charge in [0.2, 0.25) is 0 Å². The van der Waals surface area contributed by atoms with Crippen LogP contribution in [0.4, 0.5) is 0 Å². The van der Waals surface area contributed by atoms with Crippen LogP contribution in [0.2, 0.25) is 0 Å². The summed E-state index contributed by atoms with van der Waals surface area (Å²) in [6.07, 6.45) is 0.733. The number of rotatable bonds is 9. The maximum absolute atomic E-state index is 5.72. The fraction of sp³-hybridized carbons (Fsp3) is 0.318. The molecule has 0 spiro atoms. The van der Waals surface area contributed by atoms with Gasteiger partial charge in [0.05, 0.1) is 31.6 Å². The lowest BCUT2D eigenvalue weighted by Crippen LogP contribution is -2.61. The average Bonchev–Trinajstić information content (AvgIpc) is 3.16. The quantitative estimate of drug-likeness (QED) is 0.614. The zero-order valence-electron chi connectivity index (χ0n) is 15.9. The molecule has 1 aliphatic rings. The molecular formula is C22H24N2O4. The summed E-state index contributed by atoms with van der Waals surface area (Å²) in [5, 5.41) is 7.83. The molecule has 0 unspecified atom stereocenters. The van der Waals surface area contributed by atoms with E-state index in [1.165, 1.54) is 0 Å². The second kappa shape index (κ2) is 8.46. The highest BCUT2D eigenvalue weighted by Gasteiger charge is 2.39. The summed E-state index contributed by atoms with van der Waals surface area (Å²) in [5.41, 5.74) is 1.87. The van der Waals surface area contributed by atoms with Gasteiger partial charge >= 0.3 is 0 Å². The predicted octanol–water partition coefficient (Wildman–Crippen LogP) is 3.36. The Labute approximate surface area is 164 Å². The summed E-state index contributed by atoms with van der Waals surface area (Å²) in [6.45, 7) is 2.35. The highest BCUT2D eigenvalue weighted by Crippen LogP contribution is 2.25. The van der Waals surface area contributed by atoms with Crippen LogP contribution in [0.1, 0.15) is 17.0 Å². The van der Waals surface area contributed by atoms with Gasteiger partial charge < -0.3 is 24.1 Å². The maximum Gasteiger partial charge on any atom is 0.174 e. The van der Waals surface area contributed by atoms with Crippen LogP contribution in [0.15, 0.2) is 65.2 Å². The van der Waals surface area contributed by atoms with Crippen LogP contribution in [0.5, 0.6) is 11.5 Å². The van der Waals surface area contributed by atoms with Gasteiger partial charge in [-0.2, -0.15) is 0 Å². The van der Waals surface area contributed by atoms with E-state index in [4.69, 9.17) is 18.7 Å². The Morgan fingerprint density at radius 1 is 1.07 bits per heavy atom. The molecule has 6 heteroatoms. The van der Waals surface area contributed by atoms with Crippen molar-refractivity contribution in [3.63, 3.8) is 0 Å². The van der Waals surface area contributed by atoms with Gasteiger partial charge in [0, 0.05) is 24.6 Å². The lowest BCUT2D eigenvalue weighted by atomic mass is 9.90. The maximum atomic E-state index is 5.72. The van der Waals surface area contributed by atoms with E-state index in [2.05, 4.69) is 16.5 Å². The van der Waals surface area contributed by atoms with E-state index in [-0.39, 0.29) is 5.54 Å². The first-order chi connectivity index (χ1) is 13.8. The van der Waals surface area contributed by atoms with E-state index in [0.29, 0.717) is 32.1 Å². The van der Waals surface area contributed by atoms with E-state index in [9.17, 15) is 0 Å². The first-order valence-electron chi connectivity index (χ1n) is 9.33. The van der Waals surface area contributed by atoms with E-state index in [1.807, 2.05) is 54.6 Å². The standard InChI is InChI=1S/C22H24N2O4/c1-25-21-10-6-5-7-17(21)13-23-22(15-26-16-22)12-18-11-20(28-24-18)14-27-19-8-3-2-4-9-19/h2-11,23H,12-16H2,1H3. The van der Waals surface area contributed by atoms with Gasteiger partial charge in [-0.1, -0.05) is 41.6 Å². The number of hydrogen-bond acceptors (Lipinski definition) is 6. The van der Waals surface area contributed by atoms with Gasteiger partial charge in [0.1, 0.15) is 18.1 Å². The van der Waals surface area contributed by atoms with Crippen molar-refractivity contribution in [2.45, 2.75) is 25.1 Å². The second-order valence-corrected chi connectivity index (χ2v) is 7.00. The molecule has 146 valence electrons. The van der Waals surface area contributed by atoms with Crippen molar-refractivity contribution in [3.8, 4) is 11.5 Å². The van der Waals surface area contributed by atoms with E-state index >= 15 is 0 Å². The topological polar surface area (TPSA) is 65.8 Å². The Kier molecular flexibility index (Phi) is 5.60. The number of benzene rings is 2. The highest BCUT2D eigenvalue weighted by atomic mass is 16.5. The van der Waals surface area contributed by atoms with Crippen molar-refractivity contribution in [1.82, 2.24) is 10.5 Å². The van der Waals surface area contributed by atoms with E-state index in [1.54, 1.807) is 7.11 Å². The summed E-state index contributed by atoms with van der Waals surface area (Å²) in [4.78, 5) is 0. The van der Waals surface area contributed by atoms with Crippen LogP contribution < -0.4 is 14.8 Å². The van der Waals surface area contributed by atoms with Crippen molar-refractivity contribution in [3.05, 3.63) is 77.7 Å². The number of ether oxygens (including phenoxy) is 3. The SMILES string of the molecule is COc1ccccc1CNC1(Cc2cc(COc3ccccc3)on2)COC1. The summed E-state index contributed by atoms with van der Waals surface area (Å²) >= 11 is 0. The molecule has 2 aromatic carbocycles. The Hall–Kier alpha value is -2.83. The molecule has 0 bridgehead atoms. The van der Waals surface area contributed by atoms with Gasteiger partial charge in [-0.15, -0.1) is 0 Å². The first kappa shape index (κ1) is 18.5. The Morgan fingerprint density at radius 3 is 2.61 bits per heavy atom. The van der Waals surface area contributed by atoms with Crippen LogP contribution in [-0.2, 0) is 24.3 Å². The minimum atomic E-state index is -0.144. The Morgan fingerprint density at radius 2 is 1.86 bits per heavy atom. The molecule has 0 amide bonds. The molecule has 1 saturated heterocycles. The van der Waals surface area contributed by atoms with E-state index in [0.717, 1.165) is 29.2 Å². The van der Waals surface area contributed by atoms with Crippen LogP contribution in [0.25, 0.3) is 0 Å². The summed E-state index contributed by atoms with van der Waals surface area (Å²) < 4.78 is 22.1. The van der Waals surface area contributed by atoms with Crippen molar-refractivity contribution < 1.29 is 18.7 Å². The summed E-state index contributed by atoms with van der Waals surface area (Å²) in [6, 6.07) is 19.6. The first-order valence-corrected chi connectivity index (χ1v) is 9.33. The number of nitrogens with one attached hydrogen (secondary N) is 1. The van der Waals surface area contributed by atoms with Gasteiger partial charge in [0.15, 0.2) is 5.76 Å². The molecular weight excluding hydrogens is 356 g/mol. The summed E-state index contributed by atoms with van der Waals surface area (Å²) in [5.74, 6) is 2.40. The van der Waals surface area contributed by atoms with Crippen molar-refractivity contribution in [2.24, 2.45) is 0 Å². The molecule has 28 heavy (non-hydrogen) atoms. The summed E-state index contributed by atoms with van der Waals surface area (Å²) in [7, 11) is 1.69. The minimum absolute atomic E-state index is 0.144. The molecule has 1 fully saturated rings. The zero-order chi connectivity index (χ0) is 19.2. The predicted molar refractivity (Wildman–Crippen MR) is 104 cm³/mol. The minimum Gasteiger partial charge on any atom is -0.496 e. The number of methoxy groups -OCH3 is 1. The monoisotopic (exact) mass is 380 g/mol. The van der Waals surface area contributed by atoms with Gasteiger partial charge in [-0.05, 0) is 18.2 Å². The van der Waals surface area contributed by atoms with Gasteiger partial charge in [0.25, 0.3) is 0 Å². The smallest absolute Gasteiger partial charge is 0.174 e. The second-order valence-electron chi connectivity index (χ2n) is 7.00. The molecule has 0 radical (unpaired) electrons. The lowest BCUT2D eigenvalue weighted by molar-refractivity contribution is -0.0756. The van der Waals surface area contributed by atoms with Crippen LogP contribution in [0.3, 0.4) is 0 Å². The Bertz CT molecular complexity index is 890. The molecule has 3 aromatic rings. The number of nitrogens with zero attached hydrogens (tertiary/aromatic N) is 1. The highest BCUT2D eigenvalue weighted by molar-refractivity contribution is 5.33. The zero-order valence-corrected chi connectivity index (χ0v) is 15.9. The van der Waals surface area contributed by atoms with Crippen LogP contribution in [-0.4, -0.2) is 31.0 Å². The van der Waals surface area contributed by atoms with Crippen molar-refractivity contribution >= 4 is 0 Å². The number of aromatic nitrogens is 1. The van der Waals surface area contributed by atoms with Crippen molar-refractivity contribution in [1.29, 1.82) is 0 Å². The molecule has 1 aliphatic heterocycles. The van der Waals surface area contributed by atoms with Gasteiger partial charge in [-0.3, -0.25) is 0 Å². The van der Waals surface area contributed by atoms with Crippen LogP contribution >= 0.6 is 0 Å². The largest absolute Gasteiger partial charge is 0.496 e. The van der Waals surface area contributed by atoms with E-state index < -0.39 is 0 Å². The van der Waals surface area contributed by atoms with Gasteiger partial charge in [-0.25, -0.2) is 0 Å². The molecule has 0 aliphatic carbocycles. The number of para-hydroxylation sites is 2. The Balaban J connectivity index is 1.35. The average molecular weight is 380 g/mol. The normalized spacial score (nSPS) is 15.0. The third kappa shape index (κ3) is 4.35. The fourth-order valence-electron chi connectivity index (χ4n) is 3.27. The number of hydrogen-bond donors (Lipinski definition) is 1. The molecule has 0 atom stereocenters. The third-order valence-corrected chi connectivity index (χ3v) is 4.85. The fourth-order valence-corrected chi connectivity index (χ4v) is 3.27. The molecule has 1 aromatic heterocycles. The third-order valence-electron chi connectivity index (χ3n) is 4.85.